The Hall–Kier alpha value is -1.32. The van der Waals surface area contributed by atoms with Gasteiger partial charge in [-0.2, -0.15) is 0 Å². The molecule has 0 saturated heterocycles. The van der Waals surface area contributed by atoms with E-state index in [0.717, 1.165) is 21.2 Å². The van der Waals surface area contributed by atoms with Crippen molar-refractivity contribution in [2.75, 3.05) is 5.73 Å². The lowest BCUT2D eigenvalue weighted by Crippen LogP contribution is -2.06. The number of nitrogen functional groups attached to an aromatic ring is 1. The molecule has 0 fully saturated rings. The number of rotatable bonds is 2. The molecule has 2 rings (SSSR count). The number of aryl methyl sites for hydroxylation is 1. The lowest BCUT2D eigenvalue weighted by atomic mass is 9.94. The van der Waals surface area contributed by atoms with Gasteiger partial charge in [-0.25, -0.2) is 0 Å². The zero-order valence-corrected chi connectivity index (χ0v) is 12.0. The number of aliphatic hydroxyl groups is 1. The van der Waals surface area contributed by atoms with E-state index in [0.29, 0.717) is 5.69 Å². The van der Waals surface area contributed by atoms with Crippen molar-refractivity contribution in [2.24, 2.45) is 0 Å². The molecule has 2 aromatic rings. The first-order valence-electron chi connectivity index (χ1n) is 5.80. The van der Waals surface area contributed by atoms with Gasteiger partial charge in [0.2, 0.25) is 0 Å². The summed E-state index contributed by atoms with van der Waals surface area (Å²) in [5.74, 6) is 0. The van der Waals surface area contributed by atoms with Crippen molar-refractivity contribution in [1.82, 2.24) is 0 Å². The van der Waals surface area contributed by atoms with Crippen LogP contribution in [0.25, 0.3) is 0 Å². The van der Waals surface area contributed by atoms with Crippen LogP contribution >= 0.6 is 15.9 Å². The highest BCUT2D eigenvalue weighted by atomic mass is 79.9. The van der Waals surface area contributed by atoms with Crippen molar-refractivity contribution in [3.8, 4) is 0 Å². The summed E-state index contributed by atoms with van der Waals surface area (Å²) in [6.45, 7) is 4.05. The zero-order valence-electron chi connectivity index (χ0n) is 10.4. The standard InChI is InChI=1S/C15H16BrNO/c1-9-4-3-5-12(10(9)2)15(18)13-8-11(16)6-7-14(13)17/h3-8,15,18H,17H2,1-2H3. The van der Waals surface area contributed by atoms with Crippen LogP contribution in [0.2, 0.25) is 0 Å². The first kappa shape index (κ1) is 13.1. The van der Waals surface area contributed by atoms with Crippen LogP contribution in [0.3, 0.4) is 0 Å². The minimum Gasteiger partial charge on any atom is -0.398 e. The Kier molecular flexibility index (Phi) is 3.73. The van der Waals surface area contributed by atoms with Gasteiger partial charge >= 0.3 is 0 Å². The van der Waals surface area contributed by atoms with E-state index in [2.05, 4.69) is 15.9 Å². The van der Waals surface area contributed by atoms with Crippen LogP contribution in [0.1, 0.15) is 28.4 Å². The van der Waals surface area contributed by atoms with E-state index in [1.54, 1.807) is 6.07 Å². The Bertz CT molecular complexity index is 579. The number of nitrogens with two attached hydrogens (primary N) is 1. The van der Waals surface area contributed by atoms with Gasteiger partial charge in [0.15, 0.2) is 0 Å². The van der Waals surface area contributed by atoms with E-state index in [9.17, 15) is 5.11 Å². The molecule has 94 valence electrons. The molecule has 0 radical (unpaired) electrons. The molecule has 1 unspecified atom stereocenters. The molecular weight excluding hydrogens is 290 g/mol. The van der Waals surface area contributed by atoms with Crippen LogP contribution in [0, 0.1) is 13.8 Å². The fourth-order valence-electron chi connectivity index (χ4n) is 2.02. The summed E-state index contributed by atoms with van der Waals surface area (Å²) >= 11 is 3.40. The smallest absolute Gasteiger partial charge is 0.106 e. The molecule has 0 heterocycles. The van der Waals surface area contributed by atoms with Crippen molar-refractivity contribution >= 4 is 21.6 Å². The highest BCUT2D eigenvalue weighted by Gasteiger charge is 2.16. The molecule has 2 nitrogen and oxygen atoms in total. The van der Waals surface area contributed by atoms with Crippen LogP contribution < -0.4 is 5.73 Å². The van der Waals surface area contributed by atoms with Crippen LogP contribution in [0.5, 0.6) is 0 Å². The van der Waals surface area contributed by atoms with Crippen molar-refractivity contribution in [2.45, 2.75) is 20.0 Å². The van der Waals surface area contributed by atoms with Gasteiger partial charge in [-0.1, -0.05) is 34.1 Å². The van der Waals surface area contributed by atoms with Crippen molar-refractivity contribution in [3.63, 3.8) is 0 Å². The minimum atomic E-state index is -0.692. The van der Waals surface area contributed by atoms with Gasteiger partial charge in [0.25, 0.3) is 0 Å². The molecule has 0 aromatic heterocycles. The SMILES string of the molecule is Cc1cccc(C(O)c2cc(Br)ccc2N)c1C. The molecule has 18 heavy (non-hydrogen) atoms. The second-order valence-corrected chi connectivity index (χ2v) is 5.38. The fourth-order valence-corrected chi connectivity index (χ4v) is 2.40. The lowest BCUT2D eigenvalue weighted by Gasteiger charge is -2.17. The Balaban J connectivity index is 2.51. The third-order valence-electron chi connectivity index (χ3n) is 3.28. The van der Waals surface area contributed by atoms with Crippen molar-refractivity contribution in [3.05, 3.63) is 63.1 Å². The van der Waals surface area contributed by atoms with Crippen LogP contribution in [0.4, 0.5) is 5.69 Å². The largest absolute Gasteiger partial charge is 0.398 e. The van der Waals surface area contributed by atoms with Gasteiger partial charge in [-0.15, -0.1) is 0 Å². The number of benzene rings is 2. The molecule has 0 spiro atoms. The predicted molar refractivity (Wildman–Crippen MR) is 78.5 cm³/mol. The van der Waals surface area contributed by atoms with Gasteiger partial charge < -0.3 is 10.8 Å². The van der Waals surface area contributed by atoms with E-state index < -0.39 is 6.10 Å². The number of halogens is 1. The summed E-state index contributed by atoms with van der Waals surface area (Å²) in [7, 11) is 0. The molecule has 0 aliphatic rings. The Morgan fingerprint density at radius 2 is 1.83 bits per heavy atom. The molecule has 0 bridgehead atoms. The number of anilines is 1. The summed E-state index contributed by atoms with van der Waals surface area (Å²) in [5.41, 5.74) is 10.4. The maximum Gasteiger partial charge on any atom is 0.106 e. The van der Waals surface area contributed by atoms with Gasteiger partial charge in [0.05, 0.1) is 0 Å². The average molecular weight is 306 g/mol. The van der Waals surface area contributed by atoms with Crippen LogP contribution in [0.15, 0.2) is 40.9 Å². The topological polar surface area (TPSA) is 46.2 Å². The molecule has 0 aliphatic heterocycles. The van der Waals surface area contributed by atoms with Gasteiger partial charge in [0.1, 0.15) is 6.10 Å². The summed E-state index contributed by atoms with van der Waals surface area (Å²) in [4.78, 5) is 0. The summed E-state index contributed by atoms with van der Waals surface area (Å²) < 4.78 is 0.913. The Morgan fingerprint density at radius 1 is 1.11 bits per heavy atom. The van der Waals surface area contributed by atoms with E-state index in [4.69, 9.17) is 5.73 Å². The first-order valence-corrected chi connectivity index (χ1v) is 6.59. The predicted octanol–water partition coefficient (Wildman–Crippen LogP) is 3.73. The molecule has 1 atom stereocenters. The second-order valence-electron chi connectivity index (χ2n) is 4.46. The van der Waals surface area contributed by atoms with E-state index in [1.165, 1.54) is 5.56 Å². The fraction of sp³-hybridized carbons (Fsp3) is 0.200. The molecule has 3 N–H and O–H groups in total. The van der Waals surface area contributed by atoms with Crippen molar-refractivity contribution in [1.29, 1.82) is 0 Å². The van der Waals surface area contributed by atoms with Gasteiger partial charge in [0, 0.05) is 15.7 Å². The van der Waals surface area contributed by atoms with Crippen molar-refractivity contribution < 1.29 is 5.11 Å². The quantitative estimate of drug-likeness (QED) is 0.831. The van der Waals surface area contributed by atoms with E-state index in [-0.39, 0.29) is 0 Å². The number of aliphatic hydroxyl groups excluding tert-OH is 1. The monoisotopic (exact) mass is 305 g/mol. The minimum absolute atomic E-state index is 0.603. The third-order valence-corrected chi connectivity index (χ3v) is 3.78. The first-order chi connectivity index (χ1) is 8.50. The van der Waals surface area contributed by atoms with E-state index >= 15 is 0 Å². The highest BCUT2D eigenvalue weighted by molar-refractivity contribution is 9.10. The highest BCUT2D eigenvalue weighted by Crippen LogP contribution is 2.31. The molecule has 0 amide bonds. The molecular formula is C15H16BrNO. The summed E-state index contributed by atoms with van der Waals surface area (Å²) in [6, 6.07) is 11.5. The van der Waals surface area contributed by atoms with E-state index in [1.807, 2.05) is 44.2 Å². The molecule has 2 aromatic carbocycles. The average Bonchev–Trinajstić information content (AvgIpc) is 2.35. The summed E-state index contributed by atoms with van der Waals surface area (Å²) in [6.07, 6.45) is -0.692. The maximum absolute atomic E-state index is 10.5. The van der Waals surface area contributed by atoms with Gasteiger partial charge in [-0.05, 0) is 48.7 Å². The second kappa shape index (κ2) is 5.12. The van der Waals surface area contributed by atoms with Gasteiger partial charge in [-0.3, -0.25) is 0 Å². The normalized spacial score (nSPS) is 12.4. The molecule has 0 aliphatic carbocycles. The van der Waals surface area contributed by atoms with Crippen LogP contribution in [-0.4, -0.2) is 5.11 Å². The molecule has 3 heteroatoms. The van der Waals surface area contributed by atoms with Crippen LogP contribution in [-0.2, 0) is 0 Å². The maximum atomic E-state index is 10.5. The summed E-state index contributed by atoms with van der Waals surface area (Å²) in [5, 5.41) is 10.5. The number of hydrogen-bond acceptors (Lipinski definition) is 2. The Morgan fingerprint density at radius 3 is 2.56 bits per heavy atom. The lowest BCUT2D eigenvalue weighted by molar-refractivity contribution is 0.220. The third kappa shape index (κ3) is 2.42. The molecule has 0 saturated carbocycles. The number of hydrogen-bond donors (Lipinski definition) is 2. The zero-order chi connectivity index (χ0) is 13.3. The Labute approximate surface area is 116 Å².